The molecule has 0 bridgehead atoms. The Morgan fingerprint density at radius 1 is 1.47 bits per heavy atom. The van der Waals surface area contributed by atoms with Crippen molar-refractivity contribution in [3.63, 3.8) is 0 Å². The molecule has 2 aromatic rings. The van der Waals surface area contributed by atoms with Crippen molar-refractivity contribution >= 4 is 10.9 Å². The average Bonchev–Trinajstić information content (AvgIpc) is 2.72. The molecule has 0 spiro atoms. The molecule has 4 nitrogen and oxygen atoms in total. The van der Waals surface area contributed by atoms with Crippen molar-refractivity contribution in [2.24, 2.45) is 0 Å². The number of rotatable bonds is 2. The summed E-state index contributed by atoms with van der Waals surface area (Å²) >= 11 is 0. The third-order valence-corrected chi connectivity index (χ3v) is 3.52. The van der Waals surface area contributed by atoms with Crippen LogP contribution in [0.4, 0.5) is 0 Å². The number of aromatic nitrogens is 2. The summed E-state index contributed by atoms with van der Waals surface area (Å²) in [6.45, 7) is 4.29. The zero-order valence-corrected chi connectivity index (χ0v) is 10.1. The number of benzene rings is 1. The van der Waals surface area contributed by atoms with E-state index in [-0.39, 0.29) is 11.6 Å². The molecule has 3 N–H and O–H groups in total. The third kappa shape index (κ3) is 1.73. The van der Waals surface area contributed by atoms with E-state index in [1.165, 1.54) is 0 Å². The Labute approximate surface area is 100 Å². The van der Waals surface area contributed by atoms with Gasteiger partial charge in [-0.1, -0.05) is 12.1 Å². The van der Waals surface area contributed by atoms with Crippen LogP contribution < -0.4 is 5.32 Å². The maximum absolute atomic E-state index is 10.4. The molecule has 0 aliphatic carbocycles. The second kappa shape index (κ2) is 3.55. The second-order valence-corrected chi connectivity index (χ2v) is 5.46. The van der Waals surface area contributed by atoms with E-state index in [0.29, 0.717) is 0 Å². The number of aliphatic hydroxyl groups excluding tert-OH is 1. The Kier molecular flexibility index (Phi) is 2.24. The molecule has 1 aliphatic heterocycles. The zero-order chi connectivity index (χ0) is 12.0. The number of aliphatic hydroxyl groups is 1. The van der Waals surface area contributed by atoms with Gasteiger partial charge >= 0.3 is 0 Å². The van der Waals surface area contributed by atoms with Gasteiger partial charge in [0.25, 0.3) is 0 Å². The Morgan fingerprint density at radius 3 is 2.94 bits per heavy atom. The van der Waals surface area contributed by atoms with E-state index < -0.39 is 6.10 Å². The zero-order valence-electron chi connectivity index (χ0n) is 10.1. The predicted molar refractivity (Wildman–Crippen MR) is 66.7 cm³/mol. The van der Waals surface area contributed by atoms with Crippen LogP contribution in [0.2, 0.25) is 0 Å². The molecule has 2 atom stereocenters. The minimum absolute atomic E-state index is 0.144. The SMILES string of the molecule is CC1(C)C[C@H]([C@H](O)c2cccc3[nH]ncc23)N1. The van der Waals surface area contributed by atoms with Gasteiger partial charge in [0, 0.05) is 17.0 Å². The first-order chi connectivity index (χ1) is 8.07. The number of nitrogens with zero attached hydrogens (tertiary/aromatic N) is 1. The van der Waals surface area contributed by atoms with Gasteiger partial charge in [-0.15, -0.1) is 0 Å². The van der Waals surface area contributed by atoms with Crippen molar-refractivity contribution in [2.75, 3.05) is 0 Å². The topological polar surface area (TPSA) is 60.9 Å². The molecule has 1 fully saturated rings. The molecule has 4 heteroatoms. The number of hydrogen-bond donors (Lipinski definition) is 3. The van der Waals surface area contributed by atoms with Crippen LogP contribution in [0, 0.1) is 0 Å². The van der Waals surface area contributed by atoms with Gasteiger partial charge in [-0.3, -0.25) is 5.10 Å². The monoisotopic (exact) mass is 231 g/mol. The molecule has 0 radical (unpaired) electrons. The largest absolute Gasteiger partial charge is 0.387 e. The van der Waals surface area contributed by atoms with Crippen molar-refractivity contribution in [1.82, 2.24) is 15.5 Å². The van der Waals surface area contributed by atoms with E-state index in [1.807, 2.05) is 18.2 Å². The lowest BCUT2D eigenvalue weighted by Gasteiger charge is -2.46. The summed E-state index contributed by atoms with van der Waals surface area (Å²) in [6.07, 6.45) is 2.30. The first-order valence-electron chi connectivity index (χ1n) is 5.95. The molecule has 0 unspecified atom stereocenters. The number of H-pyrrole nitrogens is 1. The maximum Gasteiger partial charge on any atom is 0.0950 e. The summed E-state index contributed by atoms with van der Waals surface area (Å²) < 4.78 is 0. The minimum atomic E-state index is -0.468. The molecule has 1 aromatic carbocycles. The fraction of sp³-hybridized carbons (Fsp3) is 0.462. The highest BCUT2D eigenvalue weighted by molar-refractivity contribution is 5.82. The van der Waals surface area contributed by atoms with Crippen molar-refractivity contribution in [3.05, 3.63) is 30.0 Å². The quantitative estimate of drug-likeness (QED) is 0.737. The first kappa shape index (κ1) is 10.7. The molecule has 1 saturated heterocycles. The van der Waals surface area contributed by atoms with E-state index in [9.17, 15) is 5.11 Å². The van der Waals surface area contributed by atoms with Gasteiger partial charge in [0.2, 0.25) is 0 Å². The lowest BCUT2D eigenvalue weighted by molar-refractivity contribution is 0.0398. The van der Waals surface area contributed by atoms with E-state index in [0.717, 1.165) is 22.9 Å². The molecule has 0 saturated carbocycles. The van der Waals surface area contributed by atoms with Crippen LogP contribution in [0.3, 0.4) is 0 Å². The van der Waals surface area contributed by atoms with Gasteiger partial charge in [-0.2, -0.15) is 5.10 Å². The summed E-state index contributed by atoms with van der Waals surface area (Å²) in [5.41, 5.74) is 2.07. The molecule has 1 aromatic heterocycles. The molecular weight excluding hydrogens is 214 g/mol. The molecule has 0 amide bonds. The Morgan fingerprint density at radius 2 is 2.24 bits per heavy atom. The molecule has 2 heterocycles. The van der Waals surface area contributed by atoms with Gasteiger partial charge in [0.15, 0.2) is 0 Å². The Bertz CT molecular complexity index is 538. The normalized spacial score (nSPS) is 24.5. The van der Waals surface area contributed by atoms with Gasteiger partial charge in [0.1, 0.15) is 0 Å². The van der Waals surface area contributed by atoms with Crippen molar-refractivity contribution in [2.45, 2.75) is 38.0 Å². The average molecular weight is 231 g/mol. The fourth-order valence-corrected chi connectivity index (χ4v) is 2.69. The first-order valence-corrected chi connectivity index (χ1v) is 5.95. The minimum Gasteiger partial charge on any atom is -0.387 e. The van der Waals surface area contributed by atoms with Crippen LogP contribution in [-0.4, -0.2) is 26.9 Å². The lowest BCUT2D eigenvalue weighted by Crippen LogP contribution is -2.61. The predicted octanol–water partition coefficient (Wildman–Crippen LogP) is 1.74. The molecule has 17 heavy (non-hydrogen) atoms. The summed E-state index contributed by atoms with van der Waals surface area (Å²) in [4.78, 5) is 0. The third-order valence-electron chi connectivity index (χ3n) is 3.52. The highest BCUT2D eigenvalue weighted by Gasteiger charge is 2.40. The van der Waals surface area contributed by atoms with Gasteiger partial charge < -0.3 is 10.4 Å². The van der Waals surface area contributed by atoms with Crippen LogP contribution >= 0.6 is 0 Å². The van der Waals surface area contributed by atoms with E-state index in [1.54, 1.807) is 6.20 Å². The Balaban J connectivity index is 1.91. The summed E-state index contributed by atoms with van der Waals surface area (Å²) in [5, 5.41) is 21.7. The highest BCUT2D eigenvalue weighted by Crippen LogP contribution is 2.34. The van der Waals surface area contributed by atoms with E-state index in [4.69, 9.17) is 0 Å². The summed E-state index contributed by atoms with van der Waals surface area (Å²) in [5.74, 6) is 0. The van der Waals surface area contributed by atoms with E-state index >= 15 is 0 Å². The number of hydrogen-bond acceptors (Lipinski definition) is 3. The molecule has 90 valence electrons. The van der Waals surface area contributed by atoms with Crippen LogP contribution in [0.25, 0.3) is 10.9 Å². The summed E-state index contributed by atoms with van der Waals surface area (Å²) in [7, 11) is 0. The Hall–Kier alpha value is -1.39. The van der Waals surface area contributed by atoms with Crippen LogP contribution in [-0.2, 0) is 0 Å². The van der Waals surface area contributed by atoms with Crippen LogP contribution in [0.1, 0.15) is 31.9 Å². The molecular formula is C13H17N3O. The molecule has 1 aliphatic rings. The van der Waals surface area contributed by atoms with Gasteiger partial charge in [-0.05, 0) is 31.9 Å². The maximum atomic E-state index is 10.4. The number of nitrogens with one attached hydrogen (secondary N) is 2. The van der Waals surface area contributed by atoms with Gasteiger partial charge in [-0.25, -0.2) is 0 Å². The van der Waals surface area contributed by atoms with Crippen molar-refractivity contribution in [3.8, 4) is 0 Å². The van der Waals surface area contributed by atoms with Crippen molar-refractivity contribution < 1.29 is 5.11 Å². The van der Waals surface area contributed by atoms with Gasteiger partial charge in [0.05, 0.1) is 17.8 Å². The molecule has 3 rings (SSSR count). The lowest BCUT2D eigenvalue weighted by atomic mass is 9.80. The van der Waals surface area contributed by atoms with E-state index in [2.05, 4.69) is 29.4 Å². The smallest absolute Gasteiger partial charge is 0.0950 e. The van der Waals surface area contributed by atoms with Crippen LogP contribution in [0.15, 0.2) is 24.4 Å². The number of aromatic amines is 1. The number of fused-ring (bicyclic) bond motifs is 1. The standard InChI is InChI=1S/C13H17N3O/c1-13(2)6-11(15-13)12(17)8-4-3-5-10-9(8)7-14-16-10/h3-5,7,11-12,15,17H,6H2,1-2H3,(H,14,16)/t11-,12-/m1/s1. The second-order valence-electron chi connectivity index (χ2n) is 5.46. The summed E-state index contributed by atoms with van der Waals surface area (Å²) in [6, 6.07) is 6.03. The fourth-order valence-electron chi connectivity index (χ4n) is 2.69. The highest BCUT2D eigenvalue weighted by atomic mass is 16.3. The van der Waals surface area contributed by atoms with Crippen LogP contribution in [0.5, 0.6) is 0 Å². The van der Waals surface area contributed by atoms with Crippen molar-refractivity contribution in [1.29, 1.82) is 0 Å².